The van der Waals surface area contributed by atoms with Crippen LogP contribution in [-0.4, -0.2) is 24.4 Å². The Kier molecular flexibility index (Phi) is 3.54. The quantitative estimate of drug-likeness (QED) is 0.331. The summed E-state index contributed by atoms with van der Waals surface area (Å²) in [6, 6.07) is 6.70. The third kappa shape index (κ3) is 3.78. The molecule has 13 heavy (non-hydrogen) atoms. The highest BCUT2D eigenvalue weighted by atomic mass is 16.6. The van der Waals surface area contributed by atoms with Crippen LogP contribution in [0.15, 0.2) is 24.3 Å². The first kappa shape index (κ1) is 9.83. The standard InChI is InChI=1S/C6H7NO.C3H7NO/c7-5-3-1-2-4-6(5)8;4-1-3-2-5-3/h1-4,8H,7H2;3H,1-2,4H2. The highest BCUT2D eigenvalue weighted by molar-refractivity contribution is 5.50. The van der Waals surface area contributed by atoms with Crippen LogP contribution in [0.2, 0.25) is 0 Å². The van der Waals surface area contributed by atoms with Gasteiger partial charge in [-0.1, -0.05) is 12.1 Å². The van der Waals surface area contributed by atoms with Gasteiger partial charge in [-0.05, 0) is 12.1 Å². The summed E-state index contributed by atoms with van der Waals surface area (Å²) in [6.45, 7) is 1.58. The van der Waals surface area contributed by atoms with E-state index >= 15 is 0 Å². The number of phenols is 1. The number of nitrogen functional groups attached to an aromatic ring is 1. The van der Waals surface area contributed by atoms with E-state index in [0.29, 0.717) is 18.3 Å². The van der Waals surface area contributed by atoms with E-state index in [9.17, 15) is 0 Å². The van der Waals surface area contributed by atoms with Crippen LogP contribution in [0.3, 0.4) is 0 Å². The molecule has 4 nitrogen and oxygen atoms in total. The Balaban J connectivity index is 0.000000145. The van der Waals surface area contributed by atoms with Gasteiger partial charge in [0.2, 0.25) is 0 Å². The Labute approximate surface area is 77.1 Å². The van der Waals surface area contributed by atoms with Gasteiger partial charge in [0, 0.05) is 6.54 Å². The molecule has 0 amide bonds. The number of hydrogen-bond acceptors (Lipinski definition) is 4. The molecular weight excluding hydrogens is 168 g/mol. The third-order valence-electron chi connectivity index (χ3n) is 1.60. The summed E-state index contributed by atoms with van der Waals surface area (Å²) in [6.07, 6.45) is 0.412. The van der Waals surface area contributed by atoms with Crippen LogP contribution in [0.1, 0.15) is 0 Å². The maximum Gasteiger partial charge on any atom is 0.138 e. The van der Waals surface area contributed by atoms with Crippen molar-refractivity contribution in [2.75, 3.05) is 18.9 Å². The lowest BCUT2D eigenvalue weighted by Gasteiger charge is -1.92. The number of phenolic OH excluding ortho intramolecular Hbond substituents is 1. The molecule has 1 atom stereocenters. The fraction of sp³-hybridized carbons (Fsp3) is 0.333. The van der Waals surface area contributed by atoms with Crippen LogP contribution in [0.25, 0.3) is 0 Å². The predicted octanol–water partition coefficient (Wildman–Crippen LogP) is 0.318. The maximum atomic E-state index is 8.79. The predicted molar refractivity (Wildman–Crippen MR) is 51.3 cm³/mol. The average Bonchev–Trinajstić information content (AvgIpc) is 2.94. The smallest absolute Gasteiger partial charge is 0.138 e. The number of benzene rings is 1. The SMILES string of the molecule is NCC1CO1.Nc1ccccc1O. The zero-order valence-corrected chi connectivity index (χ0v) is 7.31. The summed E-state index contributed by atoms with van der Waals surface area (Å²) in [4.78, 5) is 0. The van der Waals surface area contributed by atoms with Crippen molar-refractivity contribution in [2.24, 2.45) is 5.73 Å². The van der Waals surface area contributed by atoms with Crippen LogP contribution in [-0.2, 0) is 4.74 Å². The van der Waals surface area contributed by atoms with Crippen molar-refractivity contribution in [1.29, 1.82) is 0 Å². The van der Waals surface area contributed by atoms with Crippen LogP contribution in [0, 0.1) is 0 Å². The molecule has 2 rings (SSSR count). The van der Waals surface area contributed by atoms with Crippen molar-refractivity contribution >= 4 is 5.69 Å². The number of ether oxygens (including phenoxy) is 1. The number of para-hydroxylation sites is 2. The molecule has 1 aromatic rings. The van der Waals surface area contributed by atoms with Gasteiger partial charge in [0.1, 0.15) is 5.75 Å². The second kappa shape index (κ2) is 4.69. The summed E-state index contributed by atoms with van der Waals surface area (Å²) in [5, 5.41) is 8.79. The monoisotopic (exact) mass is 182 g/mol. The molecule has 1 unspecified atom stereocenters. The van der Waals surface area contributed by atoms with Gasteiger partial charge >= 0.3 is 0 Å². The molecule has 1 heterocycles. The number of hydrogen-bond donors (Lipinski definition) is 3. The molecule has 0 bridgehead atoms. The first-order valence-corrected chi connectivity index (χ1v) is 4.09. The highest BCUT2D eigenvalue weighted by Crippen LogP contribution is 2.16. The highest BCUT2D eigenvalue weighted by Gasteiger charge is 2.18. The van der Waals surface area contributed by atoms with E-state index < -0.39 is 0 Å². The van der Waals surface area contributed by atoms with E-state index in [0.717, 1.165) is 6.61 Å². The van der Waals surface area contributed by atoms with Crippen molar-refractivity contribution in [3.05, 3.63) is 24.3 Å². The molecule has 1 aromatic carbocycles. The molecule has 72 valence electrons. The van der Waals surface area contributed by atoms with Crippen molar-refractivity contribution in [3.8, 4) is 5.75 Å². The van der Waals surface area contributed by atoms with Crippen LogP contribution in [0.5, 0.6) is 5.75 Å². The van der Waals surface area contributed by atoms with Gasteiger partial charge in [-0.2, -0.15) is 0 Å². The van der Waals surface area contributed by atoms with Crippen LogP contribution in [0.4, 0.5) is 5.69 Å². The van der Waals surface area contributed by atoms with Crippen molar-refractivity contribution in [2.45, 2.75) is 6.10 Å². The zero-order chi connectivity index (χ0) is 9.68. The van der Waals surface area contributed by atoms with Crippen LogP contribution < -0.4 is 11.5 Å². The summed E-state index contributed by atoms with van der Waals surface area (Å²) < 4.78 is 4.73. The molecular formula is C9H14N2O2. The number of epoxide rings is 1. The summed E-state index contributed by atoms with van der Waals surface area (Å²) in [5.74, 6) is 0.146. The Morgan fingerprint density at radius 1 is 1.46 bits per heavy atom. The van der Waals surface area contributed by atoms with E-state index in [2.05, 4.69) is 0 Å². The fourth-order valence-electron chi connectivity index (χ4n) is 0.692. The summed E-state index contributed by atoms with van der Waals surface area (Å²) >= 11 is 0. The molecule has 5 N–H and O–H groups in total. The minimum atomic E-state index is 0.146. The first-order chi connectivity index (χ1) is 6.24. The minimum absolute atomic E-state index is 0.146. The molecule has 0 spiro atoms. The van der Waals surface area contributed by atoms with E-state index in [4.69, 9.17) is 21.3 Å². The van der Waals surface area contributed by atoms with Crippen molar-refractivity contribution < 1.29 is 9.84 Å². The molecule has 0 aromatic heterocycles. The van der Waals surface area contributed by atoms with Gasteiger partial charge in [-0.25, -0.2) is 0 Å². The van der Waals surface area contributed by atoms with Gasteiger partial charge in [0.15, 0.2) is 0 Å². The lowest BCUT2D eigenvalue weighted by atomic mass is 10.3. The van der Waals surface area contributed by atoms with E-state index in [-0.39, 0.29) is 5.75 Å². The first-order valence-electron chi connectivity index (χ1n) is 4.09. The lowest BCUT2D eigenvalue weighted by Crippen LogP contribution is -2.05. The molecule has 0 aliphatic carbocycles. The Hall–Kier alpha value is -1.26. The Bertz CT molecular complexity index is 241. The van der Waals surface area contributed by atoms with Gasteiger partial charge in [-0.3, -0.25) is 0 Å². The molecule has 1 fully saturated rings. The molecule has 1 aliphatic rings. The summed E-state index contributed by atoms with van der Waals surface area (Å²) in [5.41, 5.74) is 10.8. The number of aromatic hydroxyl groups is 1. The Morgan fingerprint density at radius 3 is 2.31 bits per heavy atom. The van der Waals surface area contributed by atoms with E-state index in [1.165, 1.54) is 0 Å². The third-order valence-corrected chi connectivity index (χ3v) is 1.60. The topological polar surface area (TPSA) is 84.8 Å². The molecule has 1 saturated heterocycles. The second-order valence-corrected chi connectivity index (χ2v) is 2.75. The average molecular weight is 182 g/mol. The van der Waals surface area contributed by atoms with E-state index in [1.54, 1.807) is 24.3 Å². The normalized spacial score (nSPS) is 18.7. The fourth-order valence-corrected chi connectivity index (χ4v) is 0.692. The van der Waals surface area contributed by atoms with Crippen LogP contribution >= 0.6 is 0 Å². The van der Waals surface area contributed by atoms with Crippen molar-refractivity contribution in [3.63, 3.8) is 0 Å². The Morgan fingerprint density at radius 2 is 2.08 bits per heavy atom. The summed E-state index contributed by atoms with van der Waals surface area (Å²) in [7, 11) is 0. The van der Waals surface area contributed by atoms with Crippen molar-refractivity contribution in [1.82, 2.24) is 0 Å². The van der Waals surface area contributed by atoms with Gasteiger partial charge in [0.05, 0.1) is 18.4 Å². The molecule has 4 heteroatoms. The number of nitrogens with two attached hydrogens (primary N) is 2. The zero-order valence-electron chi connectivity index (χ0n) is 7.31. The number of anilines is 1. The number of rotatable bonds is 1. The lowest BCUT2D eigenvalue weighted by molar-refractivity contribution is 0.412. The van der Waals surface area contributed by atoms with E-state index in [1.807, 2.05) is 0 Å². The molecule has 0 saturated carbocycles. The largest absolute Gasteiger partial charge is 0.506 e. The molecule has 0 radical (unpaired) electrons. The second-order valence-electron chi connectivity index (χ2n) is 2.75. The van der Waals surface area contributed by atoms with Gasteiger partial charge in [0.25, 0.3) is 0 Å². The maximum absolute atomic E-state index is 8.79. The van der Waals surface area contributed by atoms with Gasteiger partial charge in [-0.15, -0.1) is 0 Å². The molecule has 1 aliphatic heterocycles. The minimum Gasteiger partial charge on any atom is -0.506 e. The van der Waals surface area contributed by atoms with Gasteiger partial charge < -0.3 is 21.3 Å².